The lowest BCUT2D eigenvalue weighted by Gasteiger charge is -2.00. The predicted molar refractivity (Wildman–Crippen MR) is 49.5 cm³/mol. The number of hydrogen-bond donors (Lipinski definition) is 4. The summed E-state index contributed by atoms with van der Waals surface area (Å²) in [7, 11) is 0. The van der Waals surface area contributed by atoms with Crippen LogP contribution in [0.15, 0.2) is 9.81 Å². The highest BCUT2D eigenvalue weighted by Crippen LogP contribution is 2.46. The van der Waals surface area contributed by atoms with Crippen LogP contribution in [0.25, 0.3) is 0 Å². The van der Waals surface area contributed by atoms with Gasteiger partial charge in [0.2, 0.25) is 0 Å². The van der Waals surface area contributed by atoms with E-state index in [1.165, 1.54) is 0 Å². The minimum atomic E-state index is -1.59. The first-order chi connectivity index (χ1) is 6.43. The lowest BCUT2D eigenvalue weighted by Crippen LogP contribution is -2.12. The lowest BCUT2D eigenvalue weighted by molar-refractivity contribution is -0.140. The lowest BCUT2D eigenvalue weighted by atomic mass is 10.3. The first-order valence-corrected chi connectivity index (χ1v) is 5.09. The molecule has 0 bridgehead atoms. The molecule has 0 aromatic carbocycles. The molecule has 78 valence electrons. The molecule has 2 unspecified atom stereocenters. The van der Waals surface area contributed by atoms with Gasteiger partial charge in [-0.15, -0.1) is 0 Å². The Hall–Kier alpha value is -0.700. The average Bonchev–Trinajstić information content (AvgIpc) is 2.29. The Morgan fingerprint density at radius 2 is 1.36 bits per heavy atom. The largest absolute Gasteiger partial charge is 0.477 e. The molecule has 1 saturated heterocycles. The summed E-state index contributed by atoms with van der Waals surface area (Å²) in [5.41, 5.74) is -3.21. The van der Waals surface area contributed by atoms with Crippen LogP contribution >= 0.6 is 23.5 Å². The molecule has 8 heteroatoms. The third kappa shape index (κ3) is 2.21. The standard InChI is InChI=1S/C6H6O6S2/c7-2(8)1(3(9)10)6-13-4(11)5(12)14-6/h4-5,11-12H,(H,7,8)(H,9,10). The number of aliphatic hydroxyl groups is 2. The minimum Gasteiger partial charge on any atom is -0.477 e. The third-order valence-electron chi connectivity index (χ3n) is 1.33. The number of carbonyl (C=O) groups is 2. The van der Waals surface area contributed by atoms with Crippen molar-refractivity contribution in [2.45, 2.75) is 10.9 Å². The third-order valence-corrected chi connectivity index (χ3v) is 3.92. The molecule has 4 N–H and O–H groups in total. The van der Waals surface area contributed by atoms with E-state index in [-0.39, 0.29) is 4.24 Å². The molecule has 1 rings (SSSR count). The molecular formula is C6H6O6S2. The van der Waals surface area contributed by atoms with Gasteiger partial charge in [-0.3, -0.25) is 0 Å². The van der Waals surface area contributed by atoms with Gasteiger partial charge in [-0.2, -0.15) is 0 Å². The van der Waals surface area contributed by atoms with E-state index in [1.54, 1.807) is 0 Å². The molecule has 1 fully saturated rings. The van der Waals surface area contributed by atoms with Crippen molar-refractivity contribution in [1.82, 2.24) is 0 Å². The van der Waals surface area contributed by atoms with E-state index in [4.69, 9.17) is 20.4 Å². The molecule has 0 spiro atoms. The molecule has 0 aliphatic carbocycles. The molecule has 0 aromatic rings. The number of hydrogen-bond acceptors (Lipinski definition) is 6. The van der Waals surface area contributed by atoms with Crippen LogP contribution in [0, 0.1) is 0 Å². The smallest absolute Gasteiger partial charge is 0.344 e. The Bertz CT molecular complexity index is 283. The molecule has 6 nitrogen and oxygen atoms in total. The molecule has 0 radical (unpaired) electrons. The second-order valence-corrected chi connectivity index (χ2v) is 4.80. The number of rotatable bonds is 2. The molecule has 0 saturated carbocycles. The summed E-state index contributed by atoms with van der Waals surface area (Å²) in [6.07, 6.45) is 0. The Labute approximate surface area is 86.6 Å². The summed E-state index contributed by atoms with van der Waals surface area (Å²) in [4.78, 5) is 21.0. The number of aliphatic carboxylic acids is 2. The SMILES string of the molecule is O=C(O)C(C(=O)O)=C1SC(O)C(O)S1. The van der Waals surface area contributed by atoms with Crippen molar-refractivity contribution in [3.63, 3.8) is 0 Å². The first-order valence-electron chi connectivity index (χ1n) is 3.33. The molecular weight excluding hydrogens is 232 g/mol. The van der Waals surface area contributed by atoms with E-state index in [1.807, 2.05) is 0 Å². The van der Waals surface area contributed by atoms with Crippen LogP contribution < -0.4 is 0 Å². The average molecular weight is 238 g/mol. The highest BCUT2D eigenvalue weighted by atomic mass is 32.2. The van der Waals surface area contributed by atoms with Crippen LogP contribution in [0.4, 0.5) is 0 Å². The highest BCUT2D eigenvalue weighted by molar-refractivity contribution is 8.25. The predicted octanol–water partition coefficient (Wildman–Crippen LogP) is -0.516. The zero-order chi connectivity index (χ0) is 10.9. The van der Waals surface area contributed by atoms with Crippen molar-refractivity contribution < 1.29 is 30.0 Å². The van der Waals surface area contributed by atoms with Crippen LogP contribution in [0.3, 0.4) is 0 Å². The van der Waals surface area contributed by atoms with Gasteiger partial charge in [-0.1, -0.05) is 23.5 Å². The van der Waals surface area contributed by atoms with Crippen LogP contribution in [-0.4, -0.2) is 43.2 Å². The Morgan fingerprint density at radius 1 is 1.00 bits per heavy atom. The number of carboxylic acids is 2. The summed E-state index contributed by atoms with van der Waals surface area (Å²) >= 11 is 1.25. The summed E-state index contributed by atoms with van der Waals surface area (Å²) in [6, 6.07) is 0. The topological polar surface area (TPSA) is 115 Å². The number of carboxylic acid groups (broad SMARTS) is 2. The fourth-order valence-corrected chi connectivity index (χ4v) is 3.15. The molecule has 0 amide bonds. The van der Waals surface area contributed by atoms with Gasteiger partial charge in [-0.05, 0) is 0 Å². The van der Waals surface area contributed by atoms with Gasteiger partial charge in [-0.25, -0.2) is 9.59 Å². The summed E-state index contributed by atoms with van der Waals surface area (Å²) < 4.78 is -0.0926. The maximum Gasteiger partial charge on any atom is 0.344 e. The summed E-state index contributed by atoms with van der Waals surface area (Å²) in [5, 5.41) is 35.2. The van der Waals surface area contributed by atoms with Crippen molar-refractivity contribution in [3.05, 3.63) is 9.81 Å². The Morgan fingerprint density at radius 3 is 1.64 bits per heavy atom. The van der Waals surface area contributed by atoms with E-state index >= 15 is 0 Å². The van der Waals surface area contributed by atoms with E-state index in [0.717, 1.165) is 0 Å². The van der Waals surface area contributed by atoms with Gasteiger partial charge in [0.1, 0.15) is 10.9 Å². The van der Waals surface area contributed by atoms with Gasteiger partial charge in [0.15, 0.2) is 5.57 Å². The molecule has 1 aliphatic rings. The van der Waals surface area contributed by atoms with Crippen molar-refractivity contribution in [2.24, 2.45) is 0 Å². The van der Waals surface area contributed by atoms with Gasteiger partial charge in [0, 0.05) is 0 Å². The zero-order valence-corrected chi connectivity index (χ0v) is 8.21. The molecule has 1 heterocycles. The number of aliphatic hydroxyl groups excluding tert-OH is 2. The Balaban J connectivity index is 3.02. The molecule has 2 atom stereocenters. The zero-order valence-electron chi connectivity index (χ0n) is 6.58. The number of thioether (sulfide) groups is 2. The van der Waals surface area contributed by atoms with Crippen LogP contribution in [0.1, 0.15) is 0 Å². The van der Waals surface area contributed by atoms with Crippen molar-refractivity contribution in [2.75, 3.05) is 0 Å². The maximum atomic E-state index is 10.5. The maximum absolute atomic E-state index is 10.5. The Kier molecular flexibility index (Phi) is 3.43. The van der Waals surface area contributed by atoms with Gasteiger partial charge in [0.05, 0.1) is 4.24 Å². The van der Waals surface area contributed by atoms with E-state index < -0.39 is 28.4 Å². The molecule has 0 aromatic heterocycles. The second-order valence-electron chi connectivity index (χ2n) is 2.29. The highest BCUT2D eigenvalue weighted by Gasteiger charge is 2.35. The van der Waals surface area contributed by atoms with Gasteiger partial charge < -0.3 is 20.4 Å². The fourth-order valence-electron chi connectivity index (χ4n) is 0.747. The van der Waals surface area contributed by atoms with Crippen LogP contribution in [0.2, 0.25) is 0 Å². The van der Waals surface area contributed by atoms with E-state index in [2.05, 4.69) is 0 Å². The van der Waals surface area contributed by atoms with E-state index in [0.29, 0.717) is 23.5 Å². The normalized spacial score (nSPS) is 26.3. The minimum absolute atomic E-state index is 0.0926. The van der Waals surface area contributed by atoms with Crippen LogP contribution in [0.5, 0.6) is 0 Å². The van der Waals surface area contributed by atoms with Gasteiger partial charge in [0.25, 0.3) is 0 Å². The summed E-state index contributed by atoms with van der Waals surface area (Å²) in [6.45, 7) is 0. The van der Waals surface area contributed by atoms with Crippen LogP contribution in [-0.2, 0) is 9.59 Å². The van der Waals surface area contributed by atoms with Crippen molar-refractivity contribution >= 4 is 35.5 Å². The second kappa shape index (κ2) is 4.22. The van der Waals surface area contributed by atoms with E-state index in [9.17, 15) is 9.59 Å². The molecule has 1 aliphatic heterocycles. The quantitative estimate of drug-likeness (QED) is 0.289. The first kappa shape index (κ1) is 11.4. The van der Waals surface area contributed by atoms with Gasteiger partial charge >= 0.3 is 11.9 Å². The monoisotopic (exact) mass is 238 g/mol. The fraction of sp³-hybridized carbons (Fsp3) is 0.333. The van der Waals surface area contributed by atoms with Crippen molar-refractivity contribution in [1.29, 1.82) is 0 Å². The molecule has 14 heavy (non-hydrogen) atoms. The van der Waals surface area contributed by atoms with Crippen molar-refractivity contribution in [3.8, 4) is 0 Å². The summed E-state index contributed by atoms with van der Waals surface area (Å²) in [5.74, 6) is -3.18.